The summed E-state index contributed by atoms with van der Waals surface area (Å²) in [5, 5.41) is 14.6. The van der Waals surface area contributed by atoms with E-state index in [1.807, 2.05) is 4.90 Å². The van der Waals surface area contributed by atoms with Gasteiger partial charge in [0.05, 0.1) is 29.4 Å². The molecule has 0 bridgehead atoms. The number of thiophene rings is 1. The van der Waals surface area contributed by atoms with E-state index < -0.39 is 22.9 Å². The van der Waals surface area contributed by atoms with Gasteiger partial charge in [0.25, 0.3) is 0 Å². The minimum Gasteiger partial charge on any atom is -0.442 e. The first kappa shape index (κ1) is 29.8. The molecule has 0 spiro atoms. The van der Waals surface area contributed by atoms with Crippen molar-refractivity contribution in [2.75, 3.05) is 49.1 Å². The van der Waals surface area contributed by atoms with Gasteiger partial charge in [-0.3, -0.25) is 24.7 Å². The van der Waals surface area contributed by atoms with Crippen LogP contribution >= 0.6 is 34.5 Å². The van der Waals surface area contributed by atoms with Crippen molar-refractivity contribution in [3.05, 3.63) is 91.0 Å². The van der Waals surface area contributed by atoms with Crippen molar-refractivity contribution in [1.82, 2.24) is 10.2 Å². The van der Waals surface area contributed by atoms with Crippen LogP contribution in [0.25, 0.3) is 6.08 Å². The number of carbonyl (C=O) groups is 2. The Morgan fingerprint density at radius 3 is 2.62 bits per heavy atom. The summed E-state index contributed by atoms with van der Waals surface area (Å²) in [4.78, 5) is 41.7. The number of nitro groups is 1. The van der Waals surface area contributed by atoms with Gasteiger partial charge in [0.1, 0.15) is 11.9 Å². The third kappa shape index (κ3) is 7.19. The molecule has 0 aliphatic carbocycles. The lowest BCUT2D eigenvalue weighted by atomic mass is 10.2. The van der Waals surface area contributed by atoms with Crippen molar-refractivity contribution in [3.8, 4) is 0 Å². The summed E-state index contributed by atoms with van der Waals surface area (Å²) in [5.41, 5.74) is 1.44. The maximum absolute atomic E-state index is 15.2. The van der Waals surface area contributed by atoms with Crippen LogP contribution in [-0.2, 0) is 16.1 Å². The normalized spacial score (nSPS) is 17.6. The minimum absolute atomic E-state index is 0.0867. The summed E-state index contributed by atoms with van der Waals surface area (Å²) in [6.07, 6.45) is 1.66. The molecule has 1 aromatic heterocycles. The fourth-order valence-electron chi connectivity index (χ4n) is 4.75. The number of amides is 2. The second-order valence-electron chi connectivity index (χ2n) is 9.76. The molecule has 1 atom stereocenters. The maximum atomic E-state index is 15.2. The van der Waals surface area contributed by atoms with Crippen LogP contribution in [0.15, 0.2) is 54.6 Å². The molecule has 1 unspecified atom stereocenters. The number of hydrogen-bond donors (Lipinski definition) is 1. The molecule has 3 heterocycles. The van der Waals surface area contributed by atoms with Gasteiger partial charge >= 0.3 is 11.1 Å². The second-order valence-corrected chi connectivity index (χ2v) is 11.7. The van der Waals surface area contributed by atoms with Crippen LogP contribution in [0.4, 0.5) is 25.6 Å². The molecule has 5 rings (SSSR count). The molecule has 14 heteroatoms. The molecular weight excluding hydrogens is 608 g/mol. The number of halogens is 3. The molecular formula is C28H26Cl2FN5O5S. The fraction of sp³-hybridized carbons (Fsp3) is 0.286. The number of rotatable bonds is 9. The number of nitrogens with one attached hydrogen (secondary N) is 1. The van der Waals surface area contributed by atoms with Gasteiger partial charge in [0.15, 0.2) is 0 Å². The molecule has 0 saturated carbocycles. The lowest BCUT2D eigenvalue weighted by Crippen LogP contribution is -2.46. The van der Waals surface area contributed by atoms with E-state index in [9.17, 15) is 19.7 Å². The summed E-state index contributed by atoms with van der Waals surface area (Å²) in [7, 11) is 0. The first-order valence-corrected chi connectivity index (χ1v) is 14.6. The van der Waals surface area contributed by atoms with Gasteiger partial charge in [-0.15, -0.1) is 0 Å². The number of piperazine rings is 1. The van der Waals surface area contributed by atoms with Crippen molar-refractivity contribution >= 4 is 69.0 Å². The Hall–Kier alpha value is -3.71. The molecule has 42 heavy (non-hydrogen) atoms. The van der Waals surface area contributed by atoms with Gasteiger partial charge in [-0.05, 0) is 48.0 Å². The molecule has 0 radical (unpaired) electrons. The molecule has 1 N–H and O–H groups in total. The molecule has 2 aliphatic heterocycles. The number of nitrogens with zero attached hydrogens (tertiary/aromatic N) is 4. The third-order valence-corrected chi connectivity index (χ3v) is 8.50. The van der Waals surface area contributed by atoms with Gasteiger partial charge in [-0.2, -0.15) is 0 Å². The van der Waals surface area contributed by atoms with E-state index in [1.165, 1.54) is 34.4 Å². The van der Waals surface area contributed by atoms with Crippen molar-refractivity contribution < 1.29 is 23.6 Å². The van der Waals surface area contributed by atoms with Crippen molar-refractivity contribution in [1.29, 1.82) is 0 Å². The average molecular weight is 635 g/mol. The fourth-order valence-corrected chi connectivity index (χ4v) is 6.09. The molecule has 2 fully saturated rings. The molecule has 2 aromatic carbocycles. The summed E-state index contributed by atoms with van der Waals surface area (Å²) in [6.45, 7) is 3.40. The molecule has 3 aromatic rings. The molecule has 220 valence electrons. The monoisotopic (exact) mass is 633 g/mol. The predicted octanol–water partition coefficient (Wildman–Crippen LogP) is 5.58. The van der Waals surface area contributed by atoms with Gasteiger partial charge in [-0.25, -0.2) is 9.18 Å². The van der Waals surface area contributed by atoms with Crippen LogP contribution < -0.4 is 15.1 Å². The number of cyclic esters (lactones) is 1. The van der Waals surface area contributed by atoms with Crippen molar-refractivity contribution in [2.24, 2.45) is 0 Å². The lowest BCUT2D eigenvalue weighted by molar-refractivity contribution is -0.380. The third-order valence-electron chi connectivity index (χ3n) is 6.92. The van der Waals surface area contributed by atoms with Crippen LogP contribution in [-0.4, -0.2) is 67.2 Å². The van der Waals surface area contributed by atoms with E-state index >= 15 is 4.39 Å². The highest BCUT2D eigenvalue weighted by Gasteiger charge is 2.33. The molecule has 2 amide bonds. The minimum atomic E-state index is -0.618. The van der Waals surface area contributed by atoms with Crippen molar-refractivity contribution in [2.45, 2.75) is 12.6 Å². The van der Waals surface area contributed by atoms with E-state index in [2.05, 4.69) is 10.2 Å². The van der Waals surface area contributed by atoms with Gasteiger partial charge in [0, 0.05) is 59.8 Å². The van der Waals surface area contributed by atoms with E-state index in [1.54, 1.807) is 42.5 Å². The molecule has 2 saturated heterocycles. The first-order chi connectivity index (χ1) is 20.2. The zero-order valence-corrected chi connectivity index (χ0v) is 24.5. The summed E-state index contributed by atoms with van der Waals surface area (Å²) in [5.74, 6) is -0.840. The number of benzene rings is 2. The lowest BCUT2D eigenvalue weighted by Gasteiger charge is -2.36. The first-order valence-electron chi connectivity index (χ1n) is 13.1. The maximum Gasteiger partial charge on any atom is 0.414 e. The highest BCUT2D eigenvalue weighted by Crippen LogP contribution is 2.30. The SMILES string of the molecule is O=C(/C=C/c1ccc(Cl)cc1Cl)NCC1CN(c2ccc(N3CCN(Cc4ccc([N+](=O)[O-])s4)CC3)c(F)c2)C(=O)O1. The second kappa shape index (κ2) is 13.1. The highest BCUT2D eigenvalue weighted by molar-refractivity contribution is 7.15. The number of hydrogen-bond acceptors (Lipinski definition) is 8. The largest absolute Gasteiger partial charge is 0.442 e. The summed E-state index contributed by atoms with van der Waals surface area (Å²) < 4.78 is 20.6. The zero-order valence-electron chi connectivity index (χ0n) is 22.2. The Labute approximate surface area is 255 Å². The van der Waals surface area contributed by atoms with Crippen LogP contribution in [0.1, 0.15) is 10.4 Å². The predicted molar refractivity (Wildman–Crippen MR) is 161 cm³/mol. The Kier molecular flexibility index (Phi) is 9.27. The number of anilines is 2. The average Bonchev–Trinajstić information content (AvgIpc) is 3.58. The van der Waals surface area contributed by atoms with E-state index in [0.29, 0.717) is 59.7 Å². The smallest absolute Gasteiger partial charge is 0.414 e. The van der Waals surface area contributed by atoms with Crippen LogP contribution in [0, 0.1) is 15.9 Å². The standard InChI is InChI=1S/C28H26Cl2FN5O5S/c29-19-3-1-18(23(30)13-19)2-7-26(37)32-15-21-16-35(28(38)41-21)20-4-6-25(24(31)14-20)34-11-9-33(10-12-34)17-22-5-8-27(42-22)36(39)40/h1-8,13-14,21H,9-12,15-17H2,(H,32,37)/b7-2+. The van der Waals surface area contributed by atoms with Crippen LogP contribution in [0.2, 0.25) is 10.0 Å². The van der Waals surface area contributed by atoms with E-state index in [4.69, 9.17) is 27.9 Å². The highest BCUT2D eigenvalue weighted by atomic mass is 35.5. The molecule has 10 nitrogen and oxygen atoms in total. The summed E-state index contributed by atoms with van der Waals surface area (Å²) >= 11 is 13.2. The van der Waals surface area contributed by atoms with Crippen molar-refractivity contribution in [3.63, 3.8) is 0 Å². The zero-order chi connectivity index (χ0) is 29.8. The quantitative estimate of drug-likeness (QED) is 0.186. The Morgan fingerprint density at radius 2 is 1.93 bits per heavy atom. The van der Waals surface area contributed by atoms with E-state index in [0.717, 1.165) is 4.88 Å². The number of carbonyl (C=O) groups excluding carboxylic acids is 2. The Balaban J connectivity index is 1.11. The summed E-state index contributed by atoms with van der Waals surface area (Å²) in [6, 6.07) is 12.9. The number of ether oxygens (including phenoxy) is 1. The van der Waals surface area contributed by atoms with E-state index in [-0.39, 0.29) is 24.0 Å². The van der Waals surface area contributed by atoms with Gasteiger partial charge < -0.3 is 15.0 Å². The molecule has 2 aliphatic rings. The van der Waals surface area contributed by atoms with Crippen LogP contribution in [0.5, 0.6) is 0 Å². The van der Waals surface area contributed by atoms with Gasteiger partial charge in [0.2, 0.25) is 5.91 Å². The van der Waals surface area contributed by atoms with Crippen LogP contribution in [0.3, 0.4) is 0 Å². The topological polar surface area (TPSA) is 108 Å². The Morgan fingerprint density at radius 1 is 1.14 bits per heavy atom. The van der Waals surface area contributed by atoms with Gasteiger partial charge in [-0.1, -0.05) is 40.6 Å². The Bertz CT molecular complexity index is 1530.